The standard InChI is InChI=1S/C15H21N3O2/c19-14-4-5-15(6-7-20-10-15)9-18(14)8-13-11-2-1-3-12(11)16-17-13/h1-10H2,(H,16,17)/t15-/m1/s1. The number of nitrogens with one attached hydrogen (secondary N) is 1. The maximum atomic E-state index is 12.2. The lowest BCUT2D eigenvalue weighted by Crippen LogP contribution is -2.46. The predicted octanol–water partition coefficient (Wildman–Crippen LogP) is 1.43. The largest absolute Gasteiger partial charge is 0.381 e. The van der Waals surface area contributed by atoms with Crippen LogP contribution in [0.2, 0.25) is 0 Å². The number of likely N-dealkylation sites (tertiary alicyclic amines) is 1. The molecule has 1 aliphatic carbocycles. The van der Waals surface area contributed by atoms with E-state index in [9.17, 15) is 4.79 Å². The van der Waals surface area contributed by atoms with Crippen LogP contribution in [0.5, 0.6) is 0 Å². The van der Waals surface area contributed by atoms with Crippen molar-refractivity contribution in [2.45, 2.75) is 45.1 Å². The Morgan fingerprint density at radius 1 is 1.30 bits per heavy atom. The highest BCUT2D eigenvalue weighted by atomic mass is 16.5. The van der Waals surface area contributed by atoms with Gasteiger partial charge >= 0.3 is 0 Å². The van der Waals surface area contributed by atoms with Gasteiger partial charge in [0.05, 0.1) is 18.8 Å². The summed E-state index contributed by atoms with van der Waals surface area (Å²) < 4.78 is 5.57. The van der Waals surface area contributed by atoms with E-state index in [4.69, 9.17) is 4.74 Å². The first kappa shape index (κ1) is 12.4. The number of aryl methyl sites for hydroxylation is 1. The summed E-state index contributed by atoms with van der Waals surface area (Å²) in [5.41, 5.74) is 3.94. The van der Waals surface area contributed by atoms with E-state index in [0.717, 1.165) is 51.1 Å². The summed E-state index contributed by atoms with van der Waals surface area (Å²) >= 11 is 0. The van der Waals surface area contributed by atoms with Gasteiger partial charge in [0.1, 0.15) is 0 Å². The molecule has 2 fully saturated rings. The lowest BCUT2D eigenvalue weighted by atomic mass is 9.79. The Kier molecular flexibility index (Phi) is 2.84. The lowest BCUT2D eigenvalue weighted by molar-refractivity contribution is -0.138. The van der Waals surface area contributed by atoms with Crippen molar-refractivity contribution < 1.29 is 9.53 Å². The molecule has 3 heterocycles. The number of rotatable bonds is 2. The van der Waals surface area contributed by atoms with Crippen LogP contribution in [0.1, 0.15) is 42.6 Å². The summed E-state index contributed by atoms with van der Waals surface area (Å²) in [4.78, 5) is 14.2. The molecule has 1 aromatic rings. The van der Waals surface area contributed by atoms with Gasteiger partial charge < -0.3 is 9.64 Å². The number of carbonyl (C=O) groups is 1. The molecule has 0 bridgehead atoms. The SMILES string of the molecule is O=C1CC[C@@]2(CCOC2)CN1Cc1n[nH]c2c1CCC2. The smallest absolute Gasteiger partial charge is 0.222 e. The molecule has 1 aromatic heterocycles. The zero-order valence-electron chi connectivity index (χ0n) is 11.8. The van der Waals surface area contributed by atoms with E-state index in [0.29, 0.717) is 13.0 Å². The summed E-state index contributed by atoms with van der Waals surface area (Å²) in [5, 5.41) is 7.57. The Balaban J connectivity index is 1.53. The number of fused-ring (bicyclic) bond motifs is 1. The number of ether oxygens (including phenoxy) is 1. The van der Waals surface area contributed by atoms with Crippen LogP contribution in [0.3, 0.4) is 0 Å². The molecular formula is C15H21N3O2. The van der Waals surface area contributed by atoms with Crippen molar-refractivity contribution in [2.24, 2.45) is 5.41 Å². The summed E-state index contributed by atoms with van der Waals surface area (Å²) in [6.07, 6.45) is 6.17. The van der Waals surface area contributed by atoms with Crippen LogP contribution in [-0.2, 0) is 28.9 Å². The second kappa shape index (κ2) is 4.58. The number of piperidine rings is 1. The molecule has 0 radical (unpaired) electrons. The third-order valence-corrected chi connectivity index (χ3v) is 5.17. The van der Waals surface area contributed by atoms with Gasteiger partial charge in [0, 0.05) is 30.7 Å². The minimum absolute atomic E-state index is 0.216. The fourth-order valence-electron chi connectivity index (χ4n) is 3.92. The first-order valence-electron chi connectivity index (χ1n) is 7.66. The fourth-order valence-corrected chi connectivity index (χ4v) is 3.92. The van der Waals surface area contributed by atoms with E-state index >= 15 is 0 Å². The molecule has 1 N–H and O–H groups in total. The maximum Gasteiger partial charge on any atom is 0.222 e. The summed E-state index contributed by atoms with van der Waals surface area (Å²) in [7, 11) is 0. The molecule has 108 valence electrons. The average Bonchev–Trinajstić information content (AvgIpc) is 3.13. The van der Waals surface area contributed by atoms with Gasteiger partial charge in [-0.05, 0) is 37.7 Å². The van der Waals surface area contributed by atoms with Gasteiger partial charge in [0.25, 0.3) is 0 Å². The number of carbonyl (C=O) groups excluding carboxylic acids is 1. The molecule has 2 aliphatic heterocycles. The van der Waals surface area contributed by atoms with E-state index in [1.54, 1.807) is 0 Å². The normalized spacial score (nSPS) is 29.4. The van der Waals surface area contributed by atoms with Gasteiger partial charge in [-0.2, -0.15) is 5.10 Å². The number of aromatic amines is 1. The van der Waals surface area contributed by atoms with Crippen molar-refractivity contribution in [3.63, 3.8) is 0 Å². The van der Waals surface area contributed by atoms with Gasteiger partial charge in [-0.15, -0.1) is 0 Å². The van der Waals surface area contributed by atoms with Crippen LogP contribution in [0.15, 0.2) is 0 Å². The highest BCUT2D eigenvalue weighted by molar-refractivity contribution is 5.77. The third kappa shape index (κ3) is 1.95. The number of amides is 1. The van der Waals surface area contributed by atoms with Crippen molar-refractivity contribution in [3.05, 3.63) is 17.0 Å². The molecule has 20 heavy (non-hydrogen) atoms. The lowest BCUT2D eigenvalue weighted by Gasteiger charge is -2.39. The Bertz CT molecular complexity index is 531. The zero-order chi connectivity index (χ0) is 13.6. The molecule has 0 aromatic carbocycles. The Morgan fingerprint density at radius 3 is 3.10 bits per heavy atom. The number of aromatic nitrogens is 2. The molecule has 1 atom stereocenters. The van der Waals surface area contributed by atoms with Gasteiger partial charge in [-0.1, -0.05) is 0 Å². The van der Waals surface area contributed by atoms with Gasteiger partial charge in [0.2, 0.25) is 5.91 Å². The van der Waals surface area contributed by atoms with Crippen LogP contribution in [0.4, 0.5) is 0 Å². The van der Waals surface area contributed by atoms with Crippen molar-refractivity contribution in [1.29, 1.82) is 0 Å². The molecule has 1 amide bonds. The molecule has 3 aliphatic rings. The topological polar surface area (TPSA) is 58.2 Å². The summed E-state index contributed by atoms with van der Waals surface area (Å²) in [5.74, 6) is 0.275. The average molecular weight is 275 g/mol. The van der Waals surface area contributed by atoms with Crippen molar-refractivity contribution in [1.82, 2.24) is 15.1 Å². The van der Waals surface area contributed by atoms with E-state index < -0.39 is 0 Å². The Morgan fingerprint density at radius 2 is 2.25 bits per heavy atom. The van der Waals surface area contributed by atoms with Gasteiger partial charge in [-0.25, -0.2) is 0 Å². The molecule has 4 rings (SSSR count). The predicted molar refractivity (Wildman–Crippen MR) is 73.1 cm³/mol. The van der Waals surface area contributed by atoms with Crippen molar-refractivity contribution in [2.75, 3.05) is 19.8 Å². The van der Waals surface area contributed by atoms with Crippen LogP contribution in [0.25, 0.3) is 0 Å². The minimum atomic E-state index is 0.216. The van der Waals surface area contributed by atoms with E-state index in [1.165, 1.54) is 17.7 Å². The van der Waals surface area contributed by atoms with Crippen LogP contribution in [-0.4, -0.2) is 40.8 Å². The zero-order valence-corrected chi connectivity index (χ0v) is 11.8. The monoisotopic (exact) mass is 275 g/mol. The molecule has 5 nitrogen and oxygen atoms in total. The number of H-pyrrole nitrogens is 1. The van der Waals surface area contributed by atoms with E-state index in [2.05, 4.69) is 10.2 Å². The van der Waals surface area contributed by atoms with E-state index in [-0.39, 0.29) is 11.3 Å². The maximum absolute atomic E-state index is 12.2. The highest BCUT2D eigenvalue weighted by Crippen LogP contribution is 2.38. The molecule has 0 saturated carbocycles. The first-order chi connectivity index (χ1) is 9.76. The van der Waals surface area contributed by atoms with Crippen molar-refractivity contribution in [3.8, 4) is 0 Å². The Hall–Kier alpha value is -1.36. The summed E-state index contributed by atoms with van der Waals surface area (Å²) in [6, 6.07) is 0. The molecular weight excluding hydrogens is 254 g/mol. The van der Waals surface area contributed by atoms with Gasteiger partial charge in [-0.3, -0.25) is 9.89 Å². The van der Waals surface area contributed by atoms with Gasteiger partial charge in [0.15, 0.2) is 0 Å². The molecule has 2 saturated heterocycles. The second-order valence-electron chi connectivity index (χ2n) is 6.53. The molecule has 0 unspecified atom stereocenters. The van der Waals surface area contributed by atoms with Crippen LogP contribution >= 0.6 is 0 Å². The minimum Gasteiger partial charge on any atom is -0.381 e. The van der Waals surface area contributed by atoms with Crippen molar-refractivity contribution >= 4 is 5.91 Å². The quantitative estimate of drug-likeness (QED) is 0.888. The second-order valence-corrected chi connectivity index (χ2v) is 6.53. The molecule has 1 spiro atoms. The fraction of sp³-hybridized carbons (Fsp3) is 0.733. The molecule has 5 heteroatoms. The Labute approximate surface area is 118 Å². The number of nitrogens with zero attached hydrogens (tertiary/aromatic N) is 2. The van der Waals surface area contributed by atoms with E-state index in [1.807, 2.05) is 4.90 Å². The first-order valence-corrected chi connectivity index (χ1v) is 7.66. The summed E-state index contributed by atoms with van der Waals surface area (Å²) in [6.45, 7) is 3.18. The van der Waals surface area contributed by atoms with Crippen LogP contribution in [0, 0.1) is 5.41 Å². The number of hydrogen-bond donors (Lipinski definition) is 1. The third-order valence-electron chi connectivity index (χ3n) is 5.17. The highest BCUT2D eigenvalue weighted by Gasteiger charge is 2.41. The number of hydrogen-bond acceptors (Lipinski definition) is 3. The van der Waals surface area contributed by atoms with Crippen LogP contribution < -0.4 is 0 Å².